The quantitative estimate of drug-likeness (QED) is 0.218. The number of halogens is 1. The van der Waals surface area contributed by atoms with E-state index in [2.05, 4.69) is 49.4 Å². The van der Waals surface area contributed by atoms with Crippen LogP contribution in [0.5, 0.6) is 5.75 Å². The second-order valence-electron chi connectivity index (χ2n) is 11.9. The Hall–Kier alpha value is -2.90. The number of aryl methyl sites for hydroxylation is 2. The predicted octanol–water partition coefficient (Wildman–Crippen LogP) is 8.66. The van der Waals surface area contributed by atoms with Crippen LogP contribution in [0.4, 0.5) is 4.39 Å². The smallest absolute Gasteiger partial charge is 0.476 e. The van der Waals surface area contributed by atoms with E-state index in [1.165, 1.54) is 18.4 Å². The third-order valence-electron chi connectivity index (χ3n) is 8.28. The van der Waals surface area contributed by atoms with Gasteiger partial charge in [-0.2, -0.15) is 24.2 Å². The number of carbonyl (C=O) groups excluding carboxylic acids is 1. The SMILES string of the molecule is CC.CCCN1CCC(O)C1.CCc1ccc([C-]=O)c(C)c1.Cc1c(-c2cnc3n2C=CN(C)C3C)ccc(OCC#N)c1F.[CH2-]CCC[CH2-].[Y+3]. The van der Waals surface area contributed by atoms with Gasteiger partial charge in [-0.3, -0.25) is 4.57 Å². The van der Waals surface area contributed by atoms with E-state index in [9.17, 15) is 9.18 Å². The van der Waals surface area contributed by atoms with Crippen LogP contribution in [0, 0.1) is 44.8 Å². The molecule has 0 saturated carbocycles. The summed E-state index contributed by atoms with van der Waals surface area (Å²) in [4.78, 5) is 19.2. The summed E-state index contributed by atoms with van der Waals surface area (Å²) < 4.78 is 21.5. The minimum absolute atomic E-state index is 0. The molecule has 0 aliphatic carbocycles. The minimum atomic E-state index is -0.446. The number of fused-ring (bicyclic) bond motifs is 1. The fourth-order valence-corrected chi connectivity index (χ4v) is 5.25. The third-order valence-corrected chi connectivity index (χ3v) is 8.28. The maximum Gasteiger partial charge on any atom is 3.00 e. The summed E-state index contributed by atoms with van der Waals surface area (Å²) >= 11 is 0. The first kappa shape index (κ1) is 48.1. The minimum Gasteiger partial charge on any atom is -0.476 e. The number of likely N-dealkylation sites (tertiary alicyclic amines) is 1. The molecule has 10 heteroatoms. The van der Waals surface area contributed by atoms with Crippen molar-refractivity contribution in [2.75, 3.05) is 33.3 Å². The van der Waals surface area contributed by atoms with Gasteiger partial charge in [0, 0.05) is 38.1 Å². The number of imidazole rings is 1. The molecule has 276 valence electrons. The number of aromatic nitrogens is 2. The normalized spacial score (nSPS) is 15.5. The van der Waals surface area contributed by atoms with Crippen molar-refractivity contribution in [3.63, 3.8) is 0 Å². The van der Waals surface area contributed by atoms with Crippen LogP contribution in [0.15, 0.2) is 42.7 Å². The first-order valence-electron chi connectivity index (χ1n) is 17.8. The van der Waals surface area contributed by atoms with E-state index in [0.717, 1.165) is 68.0 Å². The number of aliphatic hydroxyl groups excluding tert-OH is 1. The zero-order valence-electron chi connectivity index (χ0n) is 32.2. The summed E-state index contributed by atoms with van der Waals surface area (Å²) in [6.07, 6.45) is 13.9. The van der Waals surface area contributed by atoms with Crippen molar-refractivity contribution in [3.8, 4) is 23.1 Å². The molecule has 3 aromatic rings. The van der Waals surface area contributed by atoms with Gasteiger partial charge in [-0.25, -0.2) is 9.37 Å². The average Bonchev–Trinajstić information content (AvgIpc) is 3.75. The topological polar surface area (TPSA) is 94.6 Å². The number of ether oxygens (including phenoxy) is 1. The Morgan fingerprint density at radius 1 is 1.14 bits per heavy atom. The van der Waals surface area contributed by atoms with Gasteiger partial charge in [0.2, 0.25) is 0 Å². The van der Waals surface area contributed by atoms with Crippen molar-refractivity contribution in [3.05, 3.63) is 90.5 Å². The molecule has 8 nitrogen and oxygen atoms in total. The Labute approximate surface area is 333 Å². The second-order valence-corrected chi connectivity index (χ2v) is 11.9. The van der Waals surface area contributed by atoms with Crippen LogP contribution in [-0.2, 0) is 43.9 Å². The first-order chi connectivity index (χ1) is 24.1. The van der Waals surface area contributed by atoms with Gasteiger partial charge < -0.3 is 38.3 Å². The molecule has 2 aliphatic heterocycles. The van der Waals surface area contributed by atoms with Gasteiger partial charge in [-0.1, -0.05) is 40.2 Å². The average molecular weight is 778 g/mol. The van der Waals surface area contributed by atoms with Crippen LogP contribution in [-0.4, -0.2) is 70.1 Å². The molecule has 5 rings (SSSR count). The summed E-state index contributed by atoms with van der Waals surface area (Å²) in [5, 5.41) is 17.6. The van der Waals surface area contributed by atoms with E-state index in [0.29, 0.717) is 11.1 Å². The van der Waals surface area contributed by atoms with E-state index in [-0.39, 0.29) is 57.2 Å². The molecule has 1 N–H and O–H groups in total. The largest absolute Gasteiger partial charge is 3.00 e. The molecule has 1 fully saturated rings. The van der Waals surface area contributed by atoms with Crippen molar-refractivity contribution in [1.82, 2.24) is 19.4 Å². The van der Waals surface area contributed by atoms with Gasteiger partial charge in [-0.15, -0.1) is 29.7 Å². The Morgan fingerprint density at radius 3 is 2.33 bits per heavy atom. The predicted molar refractivity (Wildman–Crippen MR) is 204 cm³/mol. The van der Waals surface area contributed by atoms with Crippen LogP contribution >= 0.6 is 0 Å². The van der Waals surface area contributed by atoms with Crippen LogP contribution in [0.1, 0.15) is 101 Å². The fourth-order valence-electron chi connectivity index (χ4n) is 5.25. The number of unbranched alkanes of at least 4 members (excludes halogenated alkanes) is 2. The van der Waals surface area contributed by atoms with Gasteiger partial charge >= 0.3 is 32.7 Å². The summed E-state index contributed by atoms with van der Waals surface area (Å²) in [6.45, 7) is 24.2. The van der Waals surface area contributed by atoms with Crippen molar-refractivity contribution < 1.29 is 51.7 Å². The molecular formula is C41H59FN5O3Y. The Kier molecular flexibility index (Phi) is 25.3. The fraction of sp³-hybridized carbons (Fsp3) is 0.488. The van der Waals surface area contributed by atoms with Gasteiger partial charge in [0.15, 0.2) is 18.2 Å². The van der Waals surface area contributed by atoms with Crippen molar-refractivity contribution in [2.45, 2.75) is 99.1 Å². The van der Waals surface area contributed by atoms with Crippen molar-refractivity contribution in [2.24, 2.45) is 0 Å². The van der Waals surface area contributed by atoms with E-state index < -0.39 is 5.82 Å². The van der Waals surface area contributed by atoms with Gasteiger partial charge in [0.1, 0.15) is 11.9 Å². The Morgan fingerprint density at radius 2 is 1.82 bits per heavy atom. The molecule has 2 unspecified atom stereocenters. The molecule has 2 aliphatic rings. The first-order valence-corrected chi connectivity index (χ1v) is 17.8. The summed E-state index contributed by atoms with van der Waals surface area (Å²) in [7, 11) is 1.99. The summed E-state index contributed by atoms with van der Waals surface area (Å²) in [5.74, 6) is 0.558. The van der Waals surface area contributed by atoms with Crippen molar-refractivity contribution in [1.29, 1.82) is 5.26 Å². The molecule has 0 radical (unpaired) electrons. The molecule has 1 aromatic heterocycles. The molecular weight excluding hydrogens is 718 g/mol. The number of nitriles is 1. The molecule has 0 spiro atoms. The second kappa shape index (κ2) is 26.8. The van der Waals surface area contributed by atoms with E-state index in [1.807, 2.05) is 75.3 Å². The molecule has 0 bridgehead atoms. The number of hydrogen-bond donors (Lipinski definition) is 1. The number of hydrogen-bond acceptors (Lipinski definition) is 7. The maximum atomic E-state index is 14.5. The molecule has 51 heavy (non-hydrogen) atoms. The standard InChI is InChI=1S/C17H17FN4O.C10H11O.C7H15NO.C5H10.C2H6.Y/c1-11-13(4-5-15(16(11)18)23-9-6-19)14-10-20-17-12(2)21(3)7-8-22(14)17;1-3-9-4-5-10(7-11)8(2)6-9;1-2-4-8-5-3-7(9)6-8;1-3-5-4-2;1-2;/h4-5,7-8,10,12H,9H2,1-3H3;4-6H,3H2,1-2H3;7,9H,2-6H2,1H3;1-5H2;1-2H3;/q;-1;;-2;;+3. The zero-order chi connectivity index (χ0) is 37.6. The van der Waals surface area contributed by atoms with Gasteiger partial charge in [-0.05, 0) is 57.4 Å². The molecule has 0 amide bonds. The number of rotatable bonds is 9. The number of aliphatic hydroxyl groups is 1. The van der Waals surface area contributed by atoms with E-state index in [4.69, 9.17) is 15.1 Å². The number of nitrogens with zero attached hydrogens (tertiary/aromatic N) is 5. The van der Waals surface area contributed by atoms with E-state index in [1.54, 1.807) is 25.3 Å². The molecule has 2 atom stereocenters. The third kappa shape index (κ3) is 15.3. The van der Waals surface area contributed by atoms with Crippen LogP contribution < -0.4 is 4.74 Å². The monoisotopic (exact) mass is 777 g/mol. The molecule has 3 heterocycles. The maximum absolute atomic E-state index is 14.5. The van der Waals surface area contributed by atoms with Crippen molar-refractivity contribution >= 4 is 12.5 Å². The Bertz CT molecular complexity index is 1500. The van der Waals surface area contributed by atoms with Crippen LogP contribution in [0.25, 0.3) is 17.5 Å². The van der Waals surface area contributed by atoms with Gasteiger partial charge in [0.25, 0.3) is 0 Å². The van der Waals surface area contributed by atoms with Crippen LogP contribution in [0.3, 0.4) is 0 Å². The summed E-state index contributed by atoms with van der Waals surface area (Å²) in [6, 6.07) is 11.2. The Balaban J connectivity index is 0.000000745. The number of benzene rings is 2. The number of β-amino-alcohol motifs (C(OH)–C–C–N with tert-alkyl or cyclic N) is 1. The van der Waals surface area contributed by atoms with E-state index >= 15 is 0 Å². The molecule has 1 saturated heterocycles. The van der Waals surface area contributed by atoms with Gasteiger partial charge in [0.05, 0.1) is 30.3 Å². The zero-order valence-corrected chi connectivity index (χ0v) is 35.1. The summed E-state index contributed by atoms with van der Waals surface area (Å²) in [5.41, 5.74) is 5.01. The molecule has 2 aromatic carbocycles. The van der Waals surface area contributed by atoms with Crippen LogP contribution in [0.2, 0.25) is 0 Å².